The lowest BCUT2D eigenvalue weighted by Crippen LogP contribution is -2.38. The topological polar surface area (TPSA) is 91.4 Å². The van der Waals surface area contributed by atoms with Crippen LogP contribution in [-0.2, 0) is 14.8 Å². The lowest BCUT2D eigenvalue weighted by molar-refractivity contribution is -0.118. The van der Waals surface area contributed by atoms with Gasteiger partial charge < -0.3 is 10.6 Å². The van der Waals surface area contributed by atoms with Gasteiger partial charge in [0.05, 0.1) is 12.8 Å². The van der Waals surface area contributed by atoms with Crippen LogP contribution in [0.2, 0.25) is 0 Å². The fourth-order valence-electron chi connectivity index (χ4n) is 2.52. The predicted octanol–water partition coefficient (Wildman–Crippen LogP) is 0.378. The number of piperidine rings is 1. The van der Waals surface area contributed by atoms with E-state index >= 15 is 0 Å². The second-order valence-electron chi connectivity index (χ2n) is 5.43. The maximum absolute atomic E-state index is 11.7. The number of hydrogen-bond donors (Lipinski definition) is 2. The van der Waals surface area contributed by atoms with Crippen molar-refractivity contribution in [2.75, 3.05) is 38.3 Å². The average Bonchev–Trinajstić information content (AvgIpc) is 2.52. The van der Waals surface area contributed by atoms with Crippen molar-refractivity contribution < 1.29 is 13.2 Å². The molecule has 1 aliphatic rings. The van der Waals surface area contributed by atoms with Crippen molar-refractivity contribution in [2.45, 2.75) is 18.8 Å². The molecule has 1 unspecified atom stereocenters. The Hall–Kier alpha value is -1.67. The van der Waals surface area contributed by atoms with E-state index in [4.69, 9.17) is 0 Å². The number of carbonyl (C=O) groups excluding carboxylic acids is 1. The Kier molecular flexibility index (Phi) is 5.36. The highest BCUT2D eigenvalue weighted by Crippen LogP contribution is 2.27. The highest BCUT2D eigenvalue weighted by atomic mass is 32.2. The molecular formula is C14H22N4O3S. The Morgan fingerprint density at radius 3 is 2.91 bits per heavy atom. The van der Waals surface area contributed by atoms with Crippen molar-refractivity contribution in [3.05, 3.63) is 23.9 Å². The molecule has 2 heterocycles. The van der Waals surface area contributed by atoms with Crippen LogP contribution in [-0.4, -0.2) is 56.6 Å². The molecule has 0 radical (unpaired) electrons. The van der Waals surface area contributed by atoms with Crippen molar-refractivity contribution in [1.29, 1.82) is 0 Å². The summed E-state index contributed by atoms with van der Waals surface area (Å²) in [4.78, 5) is 15.8. The molecule has 2 rings (SSSR count). The number of likely N-dealkylation sites (N-methyl/N-ethyl adjacent to an activating group) is 1. The van der Waals surface area contributed by atoms with Gasteiger partial charge in [-0.05, 0) is 25.0 Å². The number of pyridine rings is 1. The van der Waals surface area contributed by atoms with Crippen LogP contribution >= 0.6 is 0 Å². The summed E-state index contributed by atoms with van der Waals surface area (Å²) in [5.41, 5.74) is 0.857. The first kappa shape index (κ1) is 16.7. The Morgan fingerprint density at radius 2 is 2.23 bits per heavy atom. The Balaban J connectivity index is 2.07. The molecule has 0 bridgehead atoms. The summed E-state index contributed by atoms with van der Waals surface area (Å²) in [6.45, 7) is 1.20. The summed E-state index contributed by atoms with van der Waals surface area (Å²) in [5, 5.41) is 5.49. The molecule has 1 aromatic rings. The van der Waals surface area contributed by atoms with Gasteiger partial charge >= 0.3 is 0 Å². The largest absolute Gasteiger partial charge is 0.361 e. The van der Waals surface area contributed by atoms with E-state index in [1.807, 2.05) is 12.1 Å². The van der Waals surface area contributed by atoms with E-state index in [0.29, 0.717) is 18.9 Å². The summed E-state index contributed by atoms with van der Waals surface area (Å²) in [6.07, 6.45) is 2.98. The molecule has 1 fully saturated rings. The molecule has 1 amide bonds. The van der Waals surface area contributed by atoms with Crippen LogP contribution in [0.5, 0.6) is 0 Å². The molecule has 7 nitrogen and oxygen atoms in total. The molecule has 1 aliphatic heterocycles. The fourth-order valence-corrected chi connectivity index (χ4v) is 3.43. The van der Waals surface area contributed by atoms with Crippen LogP contribution in [0.1, 0.15) is 24.5 Å². The van der Waals surface area contributed by atoms with E-state index in [1.54, 1.807) is 13.1 Å². The van der Waals surface area contributed by atoms with Gasteiger partial charge in [0.25, 0.3) is 0 Å². The summed E-state index contributed by atoms with van der Waals surface area (Å²) in [6, 6.07) is 5.57. The Labute approximate surface area is 131 Å². The van der Waals surface area contributed by atoms with Gasteiger partial charge in [0.15, 0.2) is 0 Å². The number of hydrogen-bond acceptors (Lipinski definition) is 5. The minimum atomic E-state index is -3.16. The SMILES string of the molecule is CNC(=O)CNc1cccc(C2CCCN(S(C)(=O)=O)C2)n1. The molecule has 0 aromatic carbocycles. The second-order valence-corrected chi connectivity index (χ2v) is 7.42. The minimum Gasteiger partial charge on any atom is -0.361 e. The number of aromatic nitrogens is 1. The third kappa shape index (κ3) is 4.41. The molecule has 8 heteroatoms. The molecule has 22 heavy (non-hydrogen) atoms. The number of sulfonamides is 1. The van der Waals surface area contributed by atoms with E-state index in [9.17, 15) is 13.2 Å². The molecule has 1 aromatic heterocycles. The molecule has 0 aliphatic carbocycles. The third-order valence-corrected chi connectivity index (χ3v) is 5.02. The van der Waals surface area contributed by atoms with Gasteiger partial charge in [-0.3, -0.25) is 4.79 Å². The maximum atomic E-state index is 11.7. The highest BCUT2D eigenvalue weighted by molar-refractivity contribution is 7.88. The van der Waals surface area contributed by atoms with E-state index in [-0.39, 0.29) is 18.4 Å². The van der Waals surface area contributed by atoms with Crippen molar-refractivity contribution in [3.8, 4) is 0 Å². The first-order valence-electron chi connectivity index (χ1n) is 7.26. The van der Waals surface area contributed by atoms with Crippen LogP contribution in [0, 0.1) is 0 Å². The Morgan fingerprint density at radius 1 is 1.45 bits per heavy atom. The summed E-state index contributed by atoms with van der Waals surface area (Å²) < 4.78 is 24.9. The van der Waals surface area contributed by atoms with Crippen molar-refractivity contribution in [3.63, 3.8) is 0 Å². The standard InChI is InChI=1S/C14H22N4O3S/c1-15-14(19)9-16-13-7-3-6-12(17-13)11-5-4-8-18(10-11)22(2,20)21/h3,6-7,11H,4-5,8-10H2,1-2H3,(H,15,19)(H,16,17). The molecule has 0 spiro atoms. The predicted molar refractivity (Wildman–Crippen MR) is 85.2 cm³/mol. The smallest absolute Gasteiger partial charge is 0.239 e. The fraction of sp³-hybridized carbons (Fsp3) is 0.571. The molecule has 1 saturated heterocycles. The summed E-state index contributed by atoms with van der Waals surface area (Å²) in [5.74, 6) is 0.593. The summed E-state index contributed by atoms with van der Waals surface area (Å²) in [7, 11) is -1.59. The lowest BCUT2D eigenvalue weighted by atomic mass is 9.95. The molecule has 122 valence electrons. The first-order chi connectivity index (χ1) is 10.4. The average molecular weight is 326 g/mol. The molecule has 2 N–H and O–H groups in total. The number of nitrogens with one attached hydrogen (secondary N) is 2. The van der Waals surface area contributed by atoms with Gasteiger partial charge in [-0.1, -0.05) is 6.07 Å². The van der Waals surface area contributed by atoms with Gasteiger partial charge in [-0.25, -0.2) is 17.7 Å². The zero-order chi connectivity index (χ0) is 16.2. The van der Waals surface area contributed by atoms with E-state index in [1.165, 1.54) is 10.6 Å². The normalized spacial score (nSPS) is 19.6. The van der Waals surface area contributed by atoms with Gasteiger partial charge in [-0.15, -0.1) is 0 Å². The van der Waals surface area contributed by atoms with Gasteiger partial charge in [0.2, 0.25) is 15.9 Å². The van der Waals surface area contributed by atoms with Gasteiger partial charge in [0, 0.05) is 31.7 Å². The number of carbonyl (C=O) groups is 1. The van der Waals surface area contributed by atoms with Crippen LogP contribution in [0.25, 0.3) is 0 Å². The molecule has 0 saturated carbocycles. The third-order valence-electron chi connectivity index (χ3n) is 3.75. The maximum Gasteiger partial charge on any atom is 0.239 e. The number of amides is 1. The van der Waals surface area contributed by atoms with Crippen molar-refractivity contribution in [1.82, 2.24) is 14.6 Å². The van der Waals surface area contributed by atoms with Crippen LogP contribution in [0.4, 0.5) is 5.82 Å². The minimum absolute atomic E-state index is 0.0882. The van der Waals surface area contributed by atoms with Crippen molar-refractivity contribution in [2.24, 2.45) is 0 Å². The van der Waals surface area contributed by atoms with E-state index < -0.39 is 10.0 Å². The monoisotopic (exact) mass is 326 g/mol. The van der Waals surface area contributed by atoms with E-state index in [0.717, 1.165) is 18.5 Å². The first-order valence-corrected chi connectivity index (χ1v) is 9.11. The zero-order valence-electron chi connectivity index (χ0n) is 12.9. The van der Waals surface area contributed by atoms with Gasteiger partial charge in [-0.2, -0.15) is 0 Å². The number of rotatable bonds is 5. The highest BCUT2D eigenvalue weighted by Gasteiger charge is 2.27. The van der Waals surface area contributed by atoms with Crippen LogP contribution < -0.4 is 10.6 Å². The molecular weight excluding hydrogens is 304 g/mol. The zero-order valence-corrected chi connectivity index (χ0v) is 13.7. The second kappa shape index (κ2) is 7.06. The molecule has 1 atom stereocenters. The number of nitrogens with zero attached hydrogens (tertiary/aromatic N) is 2. The summed E-state index contributed by atoms with van der Waals surface area (Å²) >= 11 is 0. The Bertz CT molecular complexity index is 633. The van der Waals surface area contributed by atoms with Crippen LogP contribution in [0.15, 0.2) is 18.2 Å². The van der Waals surface area contributed by atoms with Crippen molar-refractivity contribution >= 4 is 21.7 Å². The van der Waals surface area contributed by atoms with Crippen LogP contribution in [0.3, 0.4) is 0 Å². The van der Waals surface area contributed by atoms with Gasteiger partial charge in [0.1, 0.15) is 5.82 Å². The number of anilines is 1. The van der Waals surface area contributed by atoms with E-state index in [2.05, 4.69) is 15.6 Å². The lowest BCUT2D eigenvalue weighted by Gasteiger charge is -2.30. The quantitative estimate of drug-likeness (QED) is 0.816.